The normalized spacial score (nSPS) is 8.46. The summed E-state index contributed by atoms with van der Waals surface area (Å²) in [5.41, 5.74) is 0. The Bertz CT molecular complexity index is 140. The van der Waals surface area contributed by atoms with Gasteiger partial charge in [0.25, 0.3) is 0 Å². The van der Waals surface area contributed by atoms with Gasteiger partial charge in [-0.2, -0.15) is 0 Å². The fourth-order valence-electron chi connectivity index (χ4n) is 0.670. The molecule has 5 heteroatoms. The number of ether oxygens (including phenoxy) is 2. The van der Waals surface area contributed by atoms with Crippen LogP contribution in [0, 0.1) is 0 Å². The molecule has 0 aromatic carbocycles. The van der Waals surface area contributed by atoms with Crippen LogP contribution < -0.4 is 0 Å². The third-order valence-corrected chi connectivity index (χ3v) is 1.14. The molecular weight excluding hydrogens is 183 g/mol. The van der Waals surface area contributed by atoms with E-state index in [9.17, 15) is 9.59 Å². The van der Waals surface area contributed by atoms with E-state index in [1.54, 1.807) is 13.8 Å². The summed E-state index contributed by atoms with van der Waals surface area (Å²) < 4.78 is 9.25. The van der Waals surface area contributed by atoms with Crippen LogP contribution in [0.2, 0.25) is 0 Å². The smallest absolute Gasteiger partial charge is 0.306 e. The molecule has 4 nitrogen and oxygen atoms in total. The minimum Gasteiger partial charge on any atom is -0.466 e. The van der Waals surface area contributed by atoms with Crippen LogP contribution in [0.1, 0.15) is 26.7 Å². The Morgan fingerprint density at radius 1 is 0.923 bits per heavy atom. The minimum absolute atomic E-state index is 0. The first-order valence-corrected chi connectivity index (χ1v) is 4.02. The van der Waals surface area contributed by atoms with Crippen LogP contribution in [0.15, 0.2) is 0 Å². The van der Waals surface area contributed by atoms with Gasteiger partial charge in [-0.25, -0.2) is 0 Å². The third kappa shape index (κ3) is 9.86. The second-order valence-electron chi connectivity index (χ2n) is 2.11. The molecule has 0 aromatic rings. The quantitative estimate of drug-likeness (QED) is 0.476. The van der Waals surface area contributed by atoms with E-state index in [-0.39, 0.29) is 54.3 Å². The maximum Gasteiger partial charge on any atom is 0.306 e. The van der Waals surface area contributed by atoms with Crippen molar-refractivity contribution in [2.24, 2.45) is 0 Å². The number of hydrogen-bond acceptors (Lipinski definition) is 4. The average Bonchev–Trinajstić information content (AvgIpc) is 2.02. The molecule has 71 valence electrons. The Morgan fingerprint density at radius 2 is 1.23 bits per heavy atom. The van der Waals surface area contributed by atoms with Gasteiger partial charge in [0, 0.05) is 29.6 Å². The van der Waals surface area contributed by atoms with Crippen LogP contribution in [0.25, 0.3) is 0 Å². The summed E-state index contributed by atoms with van der Waals surface area (Å²) >= 11 is 0. The predicted octanol–water partition coefficient (Wildman–Crippen LogP) is 0.512. The first-order valence-electron chi connectivity index (χ1n) is 4.02. The van der Waals surface area contributed by atoms with Gasteiger partial charge in [-0.05, 0) is 13.8 Å². The Kier molecular flexibility index (Phi) is 11.9. The maximum absolute atomic E-state index is 10.7. The molecule has 0 N–H and O–H groups in total. The molecule has 0 aromatic heterocycles. The zero-order valence-electron chi connectivity index (χ0n) is 8.46. The SMILES string of the molecule is CCOC(=O)CCC(=O)OCC.[Na]. The van der Waals surface area contributed by atoms with Crippen molar-refractivity contribution in [3.63, 3.8) is 0 Å². The van der Waals surface area contributed by atoms with Gasteiger partial charge in [0.15, 0.2) is 0 Å². The molecule has 0 aliphatic heterocycles. The zero-order valence-corrected chi connectivity index (χ0v) is 10.5. The molecule has 0 heterocycles. The topological polar surface area (TPSA) is 52.6 Å². The summed E-state index contributed by atoms with van der Waals surface area (Å²) in [4.78, 5) is 21.4. The molecule has 0 saturated carbocycles. The molecule has 0 spiro atoms. The van der Waals surface area contributed by atoms with Crippen molar-refractivity contribution in [2.75, 3.05) is 13.2 Å². The molecule has 0 amide bonds. The number of carbonyl (C=O) groups excluding carboxylic acids is 2. The Labute approximate surface area is 100 Å². The van der Waals surface area contributed by atoms with Crippen molar-refractivity contribution in [1.82, 2.24) is 0 Å². The fourth-order valence-corrected chi connectivity index (χ4v) is 0.670. The molecular formula is C8H14NaO4. The first kappa shape index (κ1) is 15.4. The summed E-state index contributed by atoms with van der Waals surface area (Å²) in [5, 5.41) is 0. The summed E-state index contributed by atoms with van der Waals surface area (Å²) in [6.45, 7) is 4.15. The van der Waals surface area contributed by atoms with E-state index < -0.39 is 0 Å². The van der Waals surface area contributed by atoms with Gasteiger partial charge in [-0.3, -0.25) is 9.59 Å². The van der Waals surface area contributed by atoms with E-state index in [1.165, 1.54) is 0 Å². The van der Waals surface area contributed by atoms with Crippen LogP contribution in [0.4, 0.5) is 0 Å². The van der Waals surface area contributed by atoms with Crippen molar-refractivity contribution >= 4 is 41.5 Å². The molecule has 1 radical (unpaired) electrons. The summed E-state index contributed by atoms with van der Waals surface area (Å²) in [6, 6.07) is 0. The molecule has 13 heavy (non-hydrogen) atoms. The second-order valence-corrected chi connectivity index (χ2v) is 2.11. The summed E-state index contributed by atoms with van der Waals surface area (Å²) in [5.74, 6) is -0.712. The van der Waals surface area contributed by atoms with E-state index in [1.807, 2.05) is 0 Å². The molecule has 0 aliphatic rings. The molecule has 0 rings (SSSR count). The molecule has 0 atom stereocenters. The fraction of sp³-hybridized carbons (Fsp3) is 0.750. The molecule has 0 unspecified atom stereocenters. The summed E-state index contributed by atoms with van der Waals surface area (Å²) in [6.07, 6.45) is 0.208. The summed E-state index contributed by atoms with van der Waals surface area (Å²) in [7, 11) is 0. The maximum atomic E-state index is 10.7. The molecule has 0 aliphatic carbocycles. The van der Waals surface area contributed by atoms with Crippen LogP contribution in [0.5, 0.6) is 0 Å². The van der Waals surface area contributed by atoms with Crippen LogP contribution >= 0.6 is 0 Å². The van der Waals surface area contributed by atoms with Gasteiger partial charge in [0.1, 0.15) is 0 Å². The zero-order chi connectivity index (χ0) is 9.40. The minimum atomic E-state index is -0.356. The second kappa shape index (κ2) is 10.0. The number of rotatable bonds is 5. The number of hydrogen-bond donors (Lipinski definition) is 0. The van der Waals surface area contributed by atoms with Gasteiger partial charge in [0.05, 0.1) is 26.1 Å². The number of carbonyl (C=O) groups is 2. The Hall–Kier alpha value is -0.0600. The monoisotopic (exact) mass is 197 g/mol. The van der Waals surface area contributed by atoms with Gasteiger partial charge >= 0.3 is 11.9 Å². The van der Waals surface area contributed by atoms with Crippen LogP contribution in [-0.2, 0) is 19.1 Å². The van der Waals surface area contributed by atoms with E-state index in [2.05, 4.69) is 9.47 Å². The van der Waals surface area contributed by atoms with Gasteiger partial charge in [0.2, 0.25) is 0 Å². The third-order valence-electron chi connectivity index (χ3n) is 1.14. The molecule has 0 fully saturated rings. The van der Waals surface area contributed by atoms with Crippen molar-refractivity contribution < 1.29 is 19.1 Å². The van der Waals surface area contributed by atoms with E-state index in [0.29, 0.717) is 13.2 Å². The van der Waals surface area contributed by atoms with Gasteiger partial charge in [-0.15, -0.1) is 0 Å². The standard InChI is InChI=1S/C8H14O4.Na/c1-3-11-7(9)5-6-8(10)12-4-2;/h3-6H2,1-2H3;. The van der Waals surface area contributed by atoms with Crippen molar-refractivity contribution in [2.45, 2.75) is 26.7 Å². The number of esters is 2. The van der Waals surface area contributed by atoms with Crippen LogP contribution in [-0.4, -0.2) is 54.7 Å². The molecule has 0 bridgehead atoms. The van der Waals surface area contributed by atoms with E-state index >= 15 is 0 Å². The van der Waals surface area contributed by atoms with E-state index in [0.717, 1.165) is 0 Å². The molecule has 0 saturated heterocycles. The first-order chi connectivity index (χ1) is 5.70. The Balaban J connectivity index is 0. The van der Waals surface area contributed by atoms with Crippen molar-refractivity contribution in [3.8, 4) is 0 Å². The largest absolute Gasteiger partial charge is 0.466 e. The van der Waals surface area contributed by atoms with Gasteiger partial charge < -0.3 is 9.47 Å². The average molecular weight is 197 g/mol. The van der Waals surface area contributed by atoms with E-state index in [4.69, 9.17) is 0 Å². The predicted molar refractivity (Wildman–Crippen MR) is 48.3 cm³/mol. The van der Waals surface area contributed by atoms with Gasteiger partial charge in [-0.1, -0.05) is 0 Å². The van der Waals surface area contributed by atoms with Crippen LogP contribution in [0.3, 0.4) is 0 Å². The van der Waals surface area contributed by atoms with Crippen molar-refractivity contribution in [1.29, 1.82) is 0 Å². The van der Waals surface area contributed by atoms with Crippen molar-refractivity contribution in [3.05, 3.63) is 0 Å². The Morgan fingerprint density at radius 3 is 1.46 bits per heavy atom.